The summed E-state index contributed by atoms with van der Waals surface area (Å²) in [5, 5.41) is -0.330. The van der Waals surface area contributed by atoms with Gasteiger partial charge in [0.2, 0.25) is 5.91 Å². The van der Waals surface area contributed by atoms with Gasteiger partial charge in [0.25, 0.3) is 0 Å². The van der Waals surface area contributed by atoms with Gasteiger partial charge in [-0.1, -0.05) is 6.92 Å². The number of sulfone groups is 1. The van der Waals surface area contributed by atoms with Gasteiger partial charge in [0.05, 0.1) is 19.5 Å². The Morgan fingerprint density at radius 1 is 1.24 bits per heavy atom. The first-order valence-electron chi connectivity index (χ1n) is 8.31. The minimum atomic E-state index is -3.03. The van der Waals surface area contributed by atoms with Crippen molar-refractivity contribution in [2.75, 3.05) is 33.1 Å². The quantitative estimate of drug-likeness (QED) is 0.720. The van der Waals surface area contributed by atoms with Crippen LogP contribution >= 0.6 is 0 Å². The number of methoxy groups -OCH3 is 2. The molecule has 0 radical (unpaired) electrons. The minimum Gasteiger partial charge on any atom is -0.497 e. The van der Waals surface area contributed by atoms with E-state index in [4.69, 9.17) is 9.47 Å². The SMILES string of the molecule is CCS(=O)(=O)C1CCN(C(=O)/C=C/c2cc(OC)ccc2OC)CC1. The van der Waals surface area contributed by atoms with Gasteiger partial charge < -0.3 is 14.4 Å². The Labute approximate surface area is 149 Å². The summed E-state index contributed by atoms with van der Waals surface area (Å²) < 4.78 is 34.3. The van der Waals surface area contributed by atoms with Crippen molar-refractivity contribution >= 4 is 21.8 Å². The molecule has 1 fully saturated rings. The summed E-state index contributed by atoms with van der Waals surface area (Å²) in [6, 6.07) is 5.36. The molecule has 6 nitrogen and oxygen atoms in total. The molecule has 7 heteroatoms. The van der Waals surface area contributed by atoms with Crippen LogP contribution in [0.3, 0.4) is 0 Å². The topological polar surface area (TPSA) is 72.9 Å². The standard InChI is InChI=1S/C18H25NO5S/c1-4-25(21,22)16-9-11-19(12-10-16)18(20)8-5-14-13-15(23-2)6-7-17(14)24-3/h5-8,13,16H,4,9-12H2,1-3H3/b8-5+. The molecular weight excluding hydrogens is 342 g/mol. The van der Waals surface area contributed by atoms with Crippen molar-refractivity contribution < 1.29 is 22.7 Å². The number of piperidine rings is 1. The summed E-state index contributed by atoms with van der Waals surface area (Å²) in [7, 11) is 0.119. The third-order valence-corrected chi connectivity index (χ3v) is 6.80. The summed E-state index contributed by atoms with van der Waals surface area (Å²) in [6.45, 7) is 2.59. The predicted octanol–water partition coefficient (Wildman–Crippen LogP) is 2.14. The van der Waals surface area contributed by atoms with Gasteiger partial charge in [-0.25, -0.2) is 8.42 Å². The number of hydrogen-bond donors (Lipinski definition) is 0. The fourth-order valence-electron chi connectivity index (χ4n) is 2.91. The molecule has 1 amide bonds. The van der Waals surface area contributed by atoms with Crippen molar-refractivity contribution in [3.63, 3.8) is 0 Å². The Morgan fingerprint density at radius 3 is 2.48 bits per heavy atom. The lowest BCUT2D eigenvalue weighted by Crippen LogP contribution is -2.42. The number of nitrogens with zero attached hydrogens (tertiary/aromatic N) is 1. The van der Waals surface area contributed by atoms with Crippen LogP contribution in [0.25, 0.3) is 6.08 Å². The molecule has 1 aromatic rings. The molecule has 0 unspecified atom stereocenters. The zero-order valence-corrected chi connectivity index (χ0v) is 15.7. The maximum atomic E-state index is 12.4. The maximum Gasteiger partial charge on any atom is 0.246 e. The van der Waals surface area contributed by atoms with E-state index in [9.17, 15) is 13.2 Å². The molecule has 138 valence electrons. The summed E-state index contributed by atoms with van der Waals surface area (Å²) in [5.74, 6) is 1.36. The van der Waals surface area contributed by atoms with E-state index in [1.165, 1.54) is 6.08 Å². The molecule has 0 bridgehead atoms. The van der Waals surface area contributed by atoms with E-state index in [0.29, 0.717) is 37.4 Å². The number of ether oxygens (including phenoxy) is 2. The van der Waals surface area contributed by atoms with Crippen molar-refractivity contribution in [1.29, 1.82) is 0 Å². The van der Waals surface area contributed by atoms with Crippen LogP contribution in [-0.4, -0.2) is 57.5 Å². The Hall–Kier alpha value is -2.02. The van der Waals surface area contributed by atoms with Crippen LogP contribution in [0.5, 0.6) is 11.5 Å². The fraction of sp³-hybridized carbons (Fsp3) is 0.500. The smallest absolute Gasteiger partial charge is 0.246 e. The molecule has 0 spiro atoms. The number of amides is 1. The second-order valence-corrected chi connectivity index (χ2v) is 8.49. The first kappa shape index (κ1) is 19.3. The zero-order valence-electron chi connectivity index (χ0n) is 14.9. The van der Waals surface area contributed by atoms with Gasteiger partial charge in [-0.15, -0.1) is 0 Å². The Bertz CT molecular complexity index is 734. The predicted molar refractivity (Wildman–Crippen MR) is 97.6 cm³/mol. The number of hydrogen-bond acceptors (Lipinski definition) is 5. The van der Waals surface area contributed by atoms with Gasteiger partial charge >= 0.3 is 0 Å². The van der Waals surface area contributed by atoms with E-state index >= 15 is 0 Å². The van der Waals surface area contributed by atoms with Crippen LogP contribution in [-0.2, 0) is 14.6 Å². The molecule has 0 N–H and O–H groups in total. The Kier molecular flexibility index (Phi) is 6.47. The molecule has 2 rings (SSSR count). The molecule has 0 saturated carbocycles. The van der Waals surface area contributed by atoms with Crippen molar-refractivity contribution in [2.45, 2.75) is 25.0 Å². The molecule has 0 aliphatic carbocycles. The highest BCUT2D eigenvalue weighted by Gasteiger charge is 2.29. The van der Waals surface area contributed by atoms with Gasteiger partial charge in [0.15, 0.2) is 9.84 Å². The number of carbonyl (C=O) groups is 1. The minimum absolute atomic E-state index is 0.128. The average molecular weight is 367 g/mol. The van der Waals surface area contributed by atoms with Crippen molar-refractivity contribution in [2.24, 2.45) is 0 Å². The highest BCUT2D eigenvalue weighted by Crippen LogP contribution is 2.25. The van der Waals surface area contributed by atoms with E-state index in [1.807, 2.05) is 0 Å². The van der Waals surface area contributed by atoms with Crippen LogP contribution in [0.2, 0.25) is 0 Å². The summed E-state index contributed by atoms with van der Waals surface area (Å²) >= 11 is 0. The highest BCUT2D eigenvalue weighted by atomic mass is 32.2. The molecule has 1 saturated heterocycles. The Morgan fingerprint density at radius 2 is 1.92 bits per heavy atom. The second-order valence-electron chi connectivity index (χ2n) is 5.92. The van der Waals surface area contributed by atoms with Gasteiger partial charge in [-0.05, 0) is 37.1 Å². The number of benzene rings is 1. The third-order valence-electron chi connectivity index (χ3n) is 4.51. The molecule has 0 atom stereocenters. The first-order chi connectivity index (χ1) is 11.9. The molecule has 1 aromatic carbocycles. The maximum absolute atomic E-state index is 12.4. The van der Waals surface area contributed by atoms with E-state index in [0.717, 1.165) is 5.56 Å². The monoisotopic (exact) mass is 367 g/mol. The third kappa shape index (κ3) is 4.75. The van der Waals surface area contributed by atoms with Crippen molar-refractivity contribution in [3.05, 3.63) is 29.8 Å². The fourth-order valence-corrected chi connectivity index (χ4v) is 4.31. The largest absolute Gasteiger partial charge is 0.497 e. The van der Waals surface area contributed by atoms with E-state index in [1.54, 1.807) is 50.3 Å². The van der Waals surface area contributed by atoms with Crippen LogP contribution < -0.4 is 9.47 Å². The van der Waals surface area contributed by atoms with Crippen LogP contribution in [0.15, 0.2) is 24.3 Å². The molecule has 25 heavy (non-hydrogen) atoms. The second kappa shape index (κ2) is 8.38. The number of rotatable bonds is 6. The summed E-state index contributed by atoms with van der Waals surface area (Å²) in [4.78, 5) is 14.1. The van der Waals surface area contributed by atoms with Crippen LogP contribution in [0, 0.1) is 0 Å². The van der Waals surface area contributed by atoms with E-state index in [2.05, 4.69) is 0 Å². The summed E-state index contributed by atoms with van der Waals surface area (Å²) in [5.41, 5.74) is 0.749. The van der Waals surface area contributed by atoms with Crippen molar-refractivity contribution in [1.82, 2.24) is 4.90 Å². The van der Waals surface area contributed by atoms with Gasteiger partial charge in [0, 0.05) is 30.5 Å². The van der Waals surface area contributed by atoms with Crippen molar-refractivity contribution in [3.8, 4) is 11.5 Å². The zero-order chi connectivity index (χ0) is 18.4. The van der Waals surface area contributed by atoms with E-state index in [-0.39, 0.29) is 16.9 Å². The average Bonchev–Trinajstić information content (AvgIpc) is 2.65. The van der Waals surface area contributed by atoms with Crippen LogP contribution in [0.4, 0.5) is 0 Å². The molecule has 1 heterocycles. The lowest BCUT2D eigenvalue weighted by Gasteiger charge is -2.30. The molecular formula is C18H25NO5S. The highest BCUT2D eigenvalue weighted by molar-refractivity contribution is 7.92. The lowest BCUT2D eigenvalue weighted by molar-refractivity contribution is -0.126. The summed E-state index contributed by atoms with van der Waals surface area (Å²) in [6.07, 6.45) is 4.18. The lowest BCUT2D eigenvalue weighted by atomic mass is 10.1. The molecule has 1 aliphatic heterocycles. The van der Waals surface area contributed by atoms with Gasteiger partial charge in [-0.2, -0.15) is 0 Å². The van der Waals surface area contributed by atoms with E-state index < -0.39 is 9.84 Å². The molecule has 0 aromatic heterocycles. The van der Waals surface area contributed by atoms with Crippen LogP contribution in [0.1, 0.15) is 25.3 Å². The van der Waals surface area contributed by atoms with Gasteiger partial charge in [0.1, 0.15) is 11.5 Å². The first-order valence-corrected chi connectivity index (χ1v) is 10.0. The Balaban J connectivity index is 2.02. The normalized spacial score (nSPS) is 16.2. The van der Waals surface area contributed by atoms with Gasteiger partial charge in [-0.3, -0.25) is 4.79 Å². The number of carbonyl (C=O) groups excluding carboxylic acids is 1. The number of likely N-dealkylation sites (tertiary alicyclic amines) is 1. The molecule has 1 aliphatic rings.